The molecule has 0 spiro atoms. The summed E-state index contributed by atoms with van der Waals surface area (Å²) in [6.07, 6.45) is 1.18. The zero-order valence-electron chi connectivity index (χ0n) is 10.2. The topological polar surface area (TPSA) is 15.3 Å². The van der Waals surface area contributed by atoms with Crippen LogP contribution in [0.4, 0.5) is 5.69 Å². The van der Waals surface area contributed by atoms with Gasteiger partial charge in [-0.15, -0.1) is 0 Å². The fraction of sp³-hybridized carbons (Fsp3) is 0.538. The fourth-order valence-corrected chi connectivity index (χ4v) is 3.21. The van der Waals surface area contributed by atoms with Gasteiger partial charge in [0.2, 0.25) is 0 Å². The second-order valence-electron chi connectivity index (χ2n) is 4.68. The summed E-state index contributed by atoms with van der Waals surface area (Å²) in [5, 5.41) is 4.17. The molecule has 1 aromatic rings. The van der Waals surface area contributed by atoms with Crippen molar-refractivity contribution in [1.82, 2.24) is 5.32 Å². The van der Waals surface area contributed by atoms with Gasteiger partial charge in [-0.1, -0.05) is 24.6 Å². The molecule has 2 rings (SSSR count). The van der Waals surface area contributed by atoms with Gasteiger partial charge in [0.1, 0.15) is 0 Å². The van der Waals surface area contributed by atoms with Gasteiger partial charge < -0.3 is 10.2 Å². The molecule has 4 heteroatoms. The van der Waals surface area contributed by atoms with Gasteiger partial charge in [0.05, 0.1) is 15.2 Å². The highest BCUT2D eigenvalue weighted by Crippen LogP contribution is 2.34. The van der Waals surface area contributed by atoms with Crippen molar-refractivity contribution in [3.8, 4) is 0 Å². The lowest BCUT2D eigenvalue weighted by atomic mass is 9.93. The number of hydrogen-bond acceptors (Lipinski definition) is 2. The predicted octanol–water partition coefficient (Wildman–Crippen LogP) is 3.54. The quantitative estimate of drug-likeness (QED) is 0.897. The monoisotopic (exact) mass is 316 g/mol. The fourth-order valence-electron chi connectivity index (χ4n) is 2.53. The highest BCUT2D eigenvalue weighted by atomic mass is 79.9. The summed E-state index contributed by atoms with van der Waals surface area (Å²) >= 11 is 9.72. The number of anilines is 1. The summed E-state index contributed by atoms with van der Waals surface area (Å²) in [6, 6.07) is 6.68. The Morgan fingerprint density at radius 3 is 2.88 bits per heavy atom. The summed E-state index contributed by atoms with van der Waals surface area (Å²) in [5.74, 6) is 0.652. The smallest absolute Gasteiger partial charge is 0.0595 e. The maximum Gasteiger partial charge on any atom is 0.0595 e. The lowest BCUT2D eigenvalue weighted by molar-refractivity contribution is 0.339. The zero-order valence-corrected chi connectivity index (χ0v) is 12.6. The molecule has 17 heavy (non-hydrogen) atoms. The zero-order chi connectivity index (χ0) is 12.4. The van der Waals surface area contributed by atoms with Crippen molar-refractivity contribution in [2.24, 2.45) is 5.92 Å². The van der Waals surface area contributed by atoms with Crippen LogP contribution >= 0.6 is 27.5 Å². The molecule has 2 unspecified atom stereocenters. The molecule has 0 radical (unpaired) electrons. The highest BCUT2D eigenvalue weighted by molar-refractivity contribution is 9.10. The average Bonchev–Trinajstić information content (AvgIpc) is 2.32. The van der Waals surface area contributed by atoms with Crippen LogP contribution in [0.1, 0.15) is 13.3 Å². The van der Waals surface area contributed by atoms with E-state index >= 15 is 0 Å². The molecule has 1 aromatic carbocycles. The summed E-state index contributed by atoms with van der Waals surface area (Å²) in [6.45, 7) is 4.45. The van der Waals surface area contributed by atoms with Crippen LogP contribution in [0.25, 0.3) is 0 Å². The molecule has 0 saturated carbocycles. The lowest BCUT2D eigenvalue weighted by Gasteiger charge is -2.38. The standard InChI is InChI=1S/C13H18BrClN2/c1-9-8-17(7-6-11(9)16-2)12-5-3-4-10(15)13(12)14/h3-5,9,11,16H,6-8H2,1-2H3. The van der Waals surface area contributed by atoms with Crippen molar-refractivity contribution < 1.29 is 0 Å². The van der Waals surface area contributed by atoms with Crippen molar-refractivity contribution in [3.63, 3.8) is 0 Å². The number of nitrogens with zero attached hydrogens (tertiary/aromatic N) is 1. The number of rotatable bonds is 2. The third-order valence-corrected chi connectivity index (χ3v) is 4.92. The van der Waals surface area contributed by atoms with Gasteiger partial charge in [-0.2, -0.15) is 0 Å². The average molecular weight is 318 g/mol. The molecule has 1 saturated heterocycles. The highest BCUT2D eigenvalue weighted by Gasteiger charge is 2.25. The molecule has 94 valence electrons. The van der Waals surface area contributed by atoms with E-state index in [2.05, 4.69) is 39.1 Å². The van der Waals surface area contributed by atoms with Crippen LogP contribution in [-0.4, -0.2) is 26.2 Å². The van der Waals surface area contributed by atoms with Crippen LogP contribution in [0.3, 0.4) is 0 Å². The van der Waals surface area contributed by atoms with E-state index in [-0.39, 0.29) is 0 Å². The second kappa shape index (κ2) is 5.59. The van der Waals surface area contributed by atoms with E-state index in [1.54, 1.807) is 0 Å². The molecule has 1 fully saturated rings. The van der Waals surface area contributed by atoms with Crippen LogP contribution in [0.2, 0.25) is 5.02 Å². The maximum atomic E-state index is 6.14. The molecule has 2 nitrogen and oxygen atoms in total. The number of hydrogen-bond donors (Lipinski definition) is 1. The van der Waals surface area contributed by atoms with Gasteiger partial charge in [-0.3, -0.25) is 0 Å². The van der Waals surface area contributed by atoms with E-state index in [0.717, 1.165) is 22.6 Å². The van der Waals surface area contributed by atoms with Crippen molar-refractivity contribution >= 4 is 33.2 Å². The number of nitrogens with one attached hydrogen (secondary N) is 1. The van der Waals surface area contributed by atoms with Gasteiger partial charge in [-0.05, 0) is 47.4 Å². The minimum atomic E-state index is 0.629. The Morgan fingerprint density at radius 1 is 1.47 bits per heavy atom. The molecule has 0 bridgehead atoms. The first-order valence-corrected chi connectivity index (χ1v) is 7.16. The van der Waals surface area contributed by atoms with Crippen LogP contribution in [-0.2, 0) is 0 Å². The first-order chi connectivity index (χ1) is 8.13. The maximum absolute atomic E-state index is 6.14. The molecule has 1 N–H and O–H groups in total. The van der Waals surface area contributed by atoms with Gasteiger partial charge in [0.15, 0.2) is 0 Å². The SMILES string of the molecule is CNC1CCN(c2cccc(Cl)c2Br)CC1C. The van der Waals surface area contributed by atoms with Crippen molar-refractivity contribution in [2.45, 2.75) is 19.4 Å². The van der Waals surface area contributed by atoms with Crippen molar-refractivity contribution in [3.05, 3.63) is 27.7 Å². The summed E-state index contributed by atoms with van der Waals surface area (Å²) in [7, 11) is 2.05. The molecular weight excluding hydrogens is 300 g/mol. The molecule has 1 heterocycles. The van der Waals surface area contributed by atoms with Crippen LogP contribution in [0.5, 0.6) is 0 Å². The summed E-state index contributed by atoms with van der Waals surface area (Å²) in [4.78, 5) is 2.41. The molecule has 0 amide bonds. The van der Waals surface area contributed by atoms with E-state index in [1.807, 2.05) is 19.2 Å². The van der Waals surface area contributed by atoms with E-state index in [1.165, 1.54) is 12.1 Å². The lowest BCUT2D eigenvalue weighted by Crippen LogP contribution is -2.47. The normalized spacial score (nSPS) is 25.1. The third kappa shape index (κ3) is 2.78. The number of benzene rings is 1. The van der Waals surface area contributed by atoms with Crippen molar-refractivity contribution in [1.29, 1.82) is 0 Å². The molecular formula is C13H18BrClN2. The van der Waals surface area contributed by atoms with Crippen LogP contribution in [0, 0.1) is 5.92 Å². The Bertz CT molecular complexity index is 397. The van der Waals surface area contributed by atoms with E-state index in [9.17, 15) is 0 Å². The van der Waals surface area contributed by atoms with E-state index in [4.69, 9.17) is 11.6 Å². The summed E-state index contributed by atoms with van der Waals surface area (Å²) < 4.78 is 1.01. The minimum Gasteiger partial charge on any atom is -0.370 e. The third-order valence-electron chi connectivity index (χ3n) is 3.55. The van der Waals surface area contributed by atoms with E-state index < -0.39 is 0 Å². The van der Waals surface area contributed by atoms with Crippen LogP contribution in [0.15, 0.2) is 22.7 Å². The van der Waals surface area contributed by atoms with Gasteiger partial charge in [-0.25, -0.2) is 0 Å². The first kappa shape index (κ1) is 13.2. The predicted molar refractivity (Wildman–Crippen MR) is 78.0 cm³/mol. The van der Waals surface area contributed by atoms with Crippen LogP contribution < -0.4 is 10.2 Å². The Kier molecular flexibility index (Phi) is 4.34. The van der Waals surface area contributed by atoms with Gasteiger partial charge in [0.25, 0.3) is 0 Å². The molecule has 0 aromatic heterocycles. The van der Waals surface area contributed by atoms with E-state index in [0.29, 0.717) is 12.0 Å². The molecule has 1 aliphatic heterocycles. The minimum absolute atomic E-state index is 0.629. The van der Waals surface area contributed by atoms with Gasteiger partial charge >= 0.3 is 0 Å². The van der Waals surface area contributed by atoms with Crippen molar-refractivity contribution in [2.75, 3.05) is 25.0 Å². The number of piperidine rings is 1. The molecule has 0 aliphatic carbocycles. The first-order valence-electron chi connectivity index (χ1n) is 5.99. The Balaban J connectivity index is 2.16. The molecule has 1 aliphatic rings. The Labute approximate surface area is 116 Å². The Hall–Kier alpha value is -0.250. The number of halogens is 2. The molecule has 2 atom stereocenters. The van der Waals surface area contributed by atoms with Gasteiger partial charge in [0, 0.05) is 19.1 Å². The largest absolute Gasteiger partial charge is 0.370 e. The Morgan fingerprint density at radius 2 is 2.24 bits per heavy atom. The summed E-state index contributed by atoms with van der Waals surface area (Å²) in [5.41, 5.74) is 1.21. The second-order valence-corrected chi connectivity index (χ2v) is 5.88.